The van der Waals surface area contributed by atoms with Crippen molar-refractivity contribution in [2.75, 3.05) is 14.2 Å². The second kappa shape index (κ2) is 5.65. The molecule has 1 aromatic heterocycles. The summed E-state index contributed by atoms with van der Waals surface area (Å²) in [6.07, 6.45) is 2.22. The number of ether oxygens (including phenoxy) is 2. The van der Waals surface area contributed by atoms with E-state index in [1.807, 2.05) is 12.1 Å². The number of hydrogen-bond donors (Lipinski definition) is 1. The van der Waals surface area contributed by atoms with Crippen molar-refractivity contribution in [3.63, 3.8) is 0 Å². The largest absolute Gasteiger partial charge is 0.493 e. The Morgan fingerprint density at radius 2 is 1.89 bits per heavy atom. The molecule has 0 saturated heterocycles. The van der Waals surface area contributed by atoms with Crippen molar-refractivity contribution in [1.82, 2.24) is 9.55 Å². The molecule has 0 bridgehead atoms. The summed E-state index contributed by atoms with van der Waals surface area (Å²) in [5, 5.41) is 0. The van der Waals surface area contributed by atoms with Gasteiger partial charge in [-0.3, -0.25) is 0 Å². The zero-order valence-electron chi connectivity index (χ0n) is 11.8. The molecule has 0 fully saturated rings. The molecule has 0 aliphatic rings. The van der Waals surface area contributed by atoms with Crippen molar-refractivity contribution in [3.8, 4) is 11.5 Å². The van der Waals surface area contributed by atoms with Crippen molar-refractivity contribution in [1.29, 1.82) is 0 Å². The number of rotatable bonds is 5. The van der Waals surface area contributed by atoms with Gasteiger partial charge in [0, 0.05) is 18.2 Å². The lowest BCUT2D eigenvalue weighted by Crippen LogP contribution is -2.04. The first-order chi connectivity index (χ1) is 9.12. The normalized spacial score (nSPS) is 12.6. The minimum atomic E-state index is 0.365. The molecular formula is C14H20N2O2S. The van der Waals surface area contributed by atoms with Crippen LogP contribution in [0.5, 0.6) is 11.5 Å². The van der Waals surface area contributed by atoms with Gasteiger partial charge >= 0.3 is 0 Å². The fourth-order valence-corrected chi connectivity index (χ4v) is 2.83. The maximum Gasteiger partial charge on any atom is 0.178 e. The van der Waals surface area contributed by atoms with Crippen LogP contribution in [0.2, 0.25) is 0 Å². The summed E-state index contributed by atoms with van der Waals surface area (Å²) >= 11 is 5.43. The standard InChI is InChI=1S/C14H20N2O2S/c1-5-6-9(2)16-11-8-13(18-4)12(17-3)7-10(11)15-14(16)19/h7-9H,5-6H2,1-4H3,(H,15,19). The fourth-order valence-electron chi connectivity index (χ4n) is 2.44. The van der Waals surface area contributed by atoms with E-state index >= 15 is 0 Å². The highest BCUT2D eigenvalue weighted by molar-refractivity contribution is 7.71. The van der Waals surface area contributed by atoms with Gasteiger partial charge in [0.05, 0.1) is 25.3 Å². The van der Waals surface area contributed by atoms with Crippen LogP contribution in [0, 0.1) is 4.77 Å². The number of aromatic amines is 1. The van der Waals surface area contributed by atoms with Crippen molar-refractivity contribution in [2.45, 2.75) is 32.7 Å². The van der Waals surface area contributed by atoms with E-state index in [1.54, 1.807) is 14.2 Å². The molecule has 2 rings (SSSR count). The highest BCUT2D eigenvalue weighted by Crippen LogP contribution is 2.33. The summed E-state index contributed by atoms with van der Waals surface area (Å²) in [7, 11) is 3.28. The van der Waals surface area contributed by atoms with Gasteiger partial charge in [-0.2, -0.15) is 0 Å². The Morgan fingerprint density at radius 3 is 2.47 bits per heavy atom. The van der Waals surface area contributed by atoms with Gasteiger partial charge in [-0.15, -0.1) is 0 Å². The number of fused-ring (bicyclic) bond motifs is 1. The zero-order chi connectivity index (χ0) is 14.0. The summed E-state index contributed by atoms with van der Waals surface area (Å²) in [4.78, 5) is 3.23. The molecule has 104 valence electrons. The first-order valence-electron chi connectivity index (χ1n) is 6.48. The van der Waals surface area contributed by atoms with E-state index < -0.39 is 0 Å². The molecule has 1 N–H and O–H groups in total. The predicted molar refractivity (Wildman–Crippen MR) is 79.8 cm³/mol. The van der Waals surface area contributed by atoms with Crippen molar-refractivity contribution < 1.29 is 9.47 Å². The van der Waals surface area contributed by atoms with Gasteiger partial charge in [0.25, 0.3) is 0 Å². The summed E-state index contributed by atoms with van der Waals surface area (Å²) in [5.41, 5.74) is 2.04. The monoisotopic (exact) mass is 280 g/mol. The van der Waals surface area contributed by atoms with Crippen LogP contribution in [0.25, 0.3) is 11.0 Å². The Kier molecular flexibility index (Phi) is 4.14. The average molecular weight is 280 g/mol. The number of H-pyrrole nitrogens is 1. The van der Waals surface area contributed by atoms with Gasteiger partial charge in [0.2, 0.25) is 0 Å². The van der Waals surface area contributed by atoms with Gasteiger partial charge < -0.3 is 19.0 Å². The van der Waals surface area contributed by atoms with E-state index in [2.05, 4.69) is 23.4 Å². The Labute approximate surface area is 118 Å². The molecule has 0 amide bonds. The molecule has 5 heteroatoms. The molecular weight excluding hydrogens is 260 g/mol. The van der Waals surface area contributed by atoms with Gasteiger partial charge in [-0.05, 0) is 25.6 Å². The third-order valence-corrected chi connectivity index (χ3v) is 3.67. The number of imidazole rings is 1. The van der Waals surface area contributed by atoms with Crippen LogP contribution in [-0.2, 0) is 0 Å². The first kappa shape index (κ1) is 13.9. The highest BCUT2D eigenvalue weighted by atomic mass is 32.1. The predicted octanol–water partition coefficient (Wildman–Crippen LogP) is 4.08. The van der Waals surface area contributed by atoms with Crippen LogP contribution in [0.4, 0.5) is 0 Å². The summed E-state index contributed by atoms with van der Waals surface area (Å²) in [5.74, 6) is 1.43. The van der Waals surface area contributed by atoms with E-state index in [0.717, 1.165) is 34.4 Å². The van der Waals surface area contributed by atoms with Gasteiger partial charge in [-0.25, -0.2) is 0 Å². The second-order valence-corrected chi connectivity index (χ2v) is 5.05. The number of methoxy groups -OCH3 is 2. The molecule has 0 aliphatic carbocycles. The molecule has 0 radical (unpaired) electrons. The third kappa shape index (κ3) is 2.47. The molecule has 1 unspecified atom stereocenters. The van der Waals surface area contributed by atoms with E-state index in [9.17, 15) is 0 Å². The SMILES string of the molecule is CCCC(C)n1c(=S)[nH]c2cc(OC)c(OC)cc21. The Morgan fingerprint density at radius 1 is 1.26 bits per heavy atom. The zero-order valence-corrected chi connectivity index (χ0v) is 12.6. The lowest BCUT2D eigenvalue weighted by Gasteiger charge is -2.14. The smallest absolute Gasteiger partial charge is 0.178 e. The topological polar surface area (TPSA) is 39.2 Å². The summed E-state index contributed by atoms with van der Waals surface area (Å²) < 4.78 is 13.6. The van der Waals surface area contributed by atoms with E-state index in [1.165, 1.54) is 0 Å². The molecule has 0 saturated carbocycles. The average Bonchev–Trinajstić information content (AvgIpc) is 2.72. The number of hydrogen-bond acceptors (Lipinski definition) is 3. The van der Waals surface area contributed by atoms with Crippen molar-refractivity contribution in [3.05, 3.63) is 16.9 Å². The van der Waals surface area contributed by atoms with Crippen LogP contribution >= 0.6 is 12.2 Å². The minimum Gasteiger partial charge on any atom is -0.493 e. The fraction of sp³-hybridized carbons (Fsp3) is 0.500. The van der Waals surface area contributed by atoms with E-state index in [0.29, 0.717) is 11.8 Å². The van der Waals surface area contributed by atoms with Crippen LogP contribution in [-0.4, -0.2) is 23.8 Å². The van der Waals surface area contributed by atoms with Gasteiger partial charge in [0.15, 0.2) is 16.3 Å². The number of benzene rings is 1. The molecule has 1 heterocycles. The van der Waals surface area contributed by atoms with Crippen LogP contribution in [0.1, 0.15) is 32.7 Å². The van der Waals surface area contributed by atoms with Crippen molar-refractivity contribution in [2.24, 2.45) is 0 Å². The van der Waals surface area contributed by atoms with Crippen LogP contribution in [0.15, 0.2) is 12.1 Å². The van der Waals surface area contributed by atoms with Gasteiger partial charge in [-0.1, -0.05) is 13.3 Å². The molecule has 1 atom stereocenters. The molecule has 19 heavy (non-hydrogen) atoms. The second-order valence-electron chi connectivity index (χ2n) is 4.66. The highest BCUT2D eigenvalue weighted by Gasteiger charge is 2.14. The molecule has 0 spiro atoms. The Balaban J connectivity index is 2.65. The third-order valence-electron chi connectivity index (χ3n) is 3.37. The van der Waals surface area contributed by atoms with Gasteiger partial charge in [0.1, 0.15) is 0 Å². The number of aromatic nitrogens is 2. The summed E-state index contributed by atoms with van der Waals surface area (Å²) in [6.45, 7) is 4.36. The number of nitrogens with zero attached hydrogens (tertiary/aromatic N) is 1. The lowest BCUT2D eigenvalue weighted by atomic mass is 10.2. The minimum absolute atomic E-state index is 0.365. The molecule has 4 nitrogen and oxygen atoms in total. The molecule has 1 aromatic carbocycles. The Bertz CT molecular complexity index is 630. The van der Waals surface area contributed by atoms with E-state index in [-0.39, 0.29) is 0 Å². The van der Waals surface area contributed by atoms with E-state index in [4.69, 9.17) is 21.7 Å². The van der Waals surface area contributed by atoms with Crippen LogP contribution in [0.3, 0.4) is 0 Å². The van der Waals surface area contributed by atoms with Crippen molar-refractivity contribution >= 4 is 23.3 Å². The van der Waals surface area contributed by atoms with Crippen LogP contribution < -0.4 is 9.47 Å². The number of nitrogens with one attached hydrogen (secondary N) is 1. The first-order valence-corrected chi connectivity index (χ1v) is 6.89. The lowest BCUT2D eigenvalue weighted by molar-refractivity contribution is 0.355. The maximum atomic E-state index is 5.43. The molecule has 0 aliphatic heterocycles. The maximum absolute atomic E-state index is 5.43. The Hall–Kier alpha value is -1.49. The molecule has 2 aromatic rings. The summed E-state index contributed by atoms with van der Waals surface area (Å²) in [6, 6.07) is 4.27. The quantitative estimate of drug-likeness (QED) is 0.839.